The Morgan fingerprint density at radius 1 is 0.792 bits per heavy atom. The summed E-state index contributed by atoms with van der Waals surface area (Å²) in [4.78, 5) is 99.7. The maximum atomic E-state index is 15.8. The highest BCUT2D eigenvalue weighted by Crippen LogP contribution is 2.35. The third-order valence-corrected chi connectivity index (χ3v) is 15.6. The number of fused-ring (bicyclic) bond motifs is 1. The summed E-state index contributed by atoms with van der Waals surface area (Å²) in [5.74, 6) is -2.79. The lowest BCUT2D eigenvalue weighted by Crippen LogP contribution is -2.56. The van der Waals surface area contributed by atoms with Gasteiger partial charge in [0.2, 0.25) is 11.8 Å². The first-order chi connectivity index (χ1) is 37.3. The van der Waals surface area contributed by atoms with Crippen molar-refractivity contribution in [1.29, 1.82) is 5.26 Å². The molecular weight excluding hydrogens is 1010 g/mol. The first-order valence-corrected chi connectivity index (χ1v) is 27.6. The Labute approximate surface area is 453 Å². The Hall–Kier alpha value is -6.76. The van der Waals surface area contributed by atoms with Crippen molar-refractivity contribution in [2.75, 3.05) is 75.4 Å². The number of ether oxygens (including phenoxy) is 2. The first kappa shape index (κ1) is 56.4. The van der Waals surface area contributed by atoms with Crippen molar-refractivity contribution in [1.82, 2.24) is 35.5 Å². The molecule has 3 saturated heterocycles. The van der Waals surface area contributed by atoms with Gasteiger partial charge in [0.1, 0.15) is 23.7 Å². The van der Waals surface area contributed by atoms with Crippen molar-refractivity contribution in [3.05, 3.63) is 75.7 Å². The summed E-state index contributed by atoms with van der Waals surface area (Å²) in [5.41, 5.74) is 6.17. The monoisotopic (exact) mass is 1080 g/mol. The number of benzene rings is 2. The lowest BCUT2D eigenvalue weighted by Gasteiger charge is -2.39. The van der Waals surface area contributed by atoms with E-state index in [9.17, 15) is 33.6 Å². The lowest BCUT2D eigenvalue weighted by atomic mass is 9.93. The third kappa shape index (κ3) is 14.6. The molecule has 22 heteroatoms. The number of likely N-dealkylation sites (tertiary alicyclic amines) is 1. The standard InChI is InChI=1S/C55H69ClFN11O9/c56-43-30-40(13-10-37(43)33-59)77-39-14-11-38(12-15-39)61-52(72)45-16-18-48(63-62-45)66-24-20-36(21-25-66)34-64-26-28-65(29-27-64)47-32-42-41(31-44(47)57)53(73)68(54(42)74)46-17-19-50(70)67(55(46)75)35-76-51(71)9-5-2-1-4-8-49(69)60-23-7-3-6-22-58/h10,13,16,18,30-32,36,38-39,46H,1-9,11-12,14-15,17,19-29,34-35,58H2,(H,60,69)(H,61,72). The van der Waals surface area contributed by atoms with Gasteiger partial charge < -0.3 is 35.6 Å². The van der Waals surface area contributed by atoms with E-state index in [1.54, 1.807) is 24.3 Å². The zero-order valence-electron chi connectivity index (χ0n) is 43.5. The van der Waals surface area contributed by atoms with Crippen LogP contribution in [0.5, 0.6) is 5.75 Å². The summed E-state index contributed by atoms with van der Waals surface area (Å²) in [6, 6.07) is 11.7. The number of nitriles is 1. The van der Waals surface area contributed by atoms with Crippen LogP contribution in [0.4, 0.5) is 15.9 Å². The number of carbonyl (C=O) groups is 7. The summed E-state index contributed by atoms with van der Waals surface area (Å²) in [5, 5.41) is 24.1. The number of nitrogens with two attached hydrogens (primary N) is 1. The first-order valence-electron chi connectivity index (χ1n) is 27.2. The van der Waals surface area contributed by atoms with Crippen molar-refractivity contribution < 1.29 is 47.4 Å². The van der Waals surface area contributed by atoms with E-state index in [0.29, 0.717) is 93.0 Å². The van der Waals surface area contributed by atoms with Crippen LogP contribution >= 0.6 is 11.6 Å². The Morgan fingerprint density at radius 2 is 1.51 bits per heavy atom. The second-order valence-corrected chi connectivity index (χ2v) is 21.0. The number of esters is 1. The molecule has 4 fully saturated rings. The second-order valence-electron chi connectivity index (χ2n) is 20.6. The van der Waals surface area contributed by atoms with Gasteiger partial charge in [0.05, 0.1) is 33.5 Å². The normalized spacial score (nSPS) is 20.3. The Balaban J connectivity index is 0.728. The van der Waals surface area contributed by atoms with Crippen LogP contribution in [0.15, 0.2) is 42.5 Å². The summed E-state index contributed by atoms with van der Waals surface area (Å²) in [6.45, 7) is 5.36. The highest BCUT2D eigenvalue weighted by atomic mass is 35.5. The molecule has 3 aromatic rings. The van der Waals surface area contributed by atoms with Crippen molar-refractivity contribution in [3.8, 4) is 11.8 Å². The third-order valence-electron chi connectivity index (χ3n) is 15.3. The average Bonchev–Trinajstić information content (AvgIpc) is 3.70. The molecule has 5 aliphatic rings. The molecule has 412 valence electrons. The summed E-state index contributed by atoms with van der Waals surface area (Å²) < 4.78 is 27.2. The quantitative estimate of drug-likeness (QED) is 0.0602. The number of imide groups is 2. The van der Waals surface area contributed by atoms with E-state index in [1.807, 2.05) is 17.0 Å². The van der Waals surface area contributed by atoms with Gasteiger partial charge in [0, 0.05) is 83.7 Å². The summed E-state index contributed by atoms with van der Waals surface area (Å²) >= 11 is 6.16. The number of nitrogens with zero attached hydrogens (tertiary/aromatic N) is 8. The Morgan fingerprint density at radius 3 is 2.19 bits per heavy atom. The molecule has 1 aromatic heterocycles. The number of rotatable bonds is 23. The van der Waals surface area contributed by atoms with Crippen LogP contribution < -0.4 is 30.9 Å². The van der Waals surface area contributed by atoms with Crippen LogP contribution in [-0.4, -0.2) is 150 Å². The van der Waals surface area contributed by atoms with Crippen molar-refractivity contribution in [3.63, 3.8) is 0 Å². The van der Waals surface area contributed by atoms with E-state index in [-0.39, 0.29) is 65.7 Å². The minimum Gasteiger partial charge on any atom is -0.490 e. The molecule has 77 heavy (non-hydrogen) atoms. The van der Waals surface area contributed by atoms with Crippen LogP contribution in [-0.2, 0) is 23.9 Å². The topological polar surface area (TPSA) is 254 Å². The average molecular weight is 1080 g/mol. The fourth-order valence-corrected chi connectivity index (χ4v) is 11.0. The van der Waals surface area contributed by atoms with E-state index < -0.39 is 48.2 Å². The molecule has 0 bridgehead atoms. The molecule has 1 atom stereocenters. The maximum absolute atomic E-state index is 15.8. The molecule has 4 aliphatic heterocycles. The largest absolute Gasteiger partial charge is 0.490 e. The predicted molar refractivity (Wildman–Crippen MR) is 282 cm³/mol. The number of unbranched alkanes of at least 4 members (excludes halogenated alkanes) is 5. The SMILES string of the molecule is N#Cc1ccc(OC2CCC(NC(=O)c3ccc(N4CCC(CN5CCN(c6cc7c(cc6F)C(=O)N(C6CCC(=O)N(COC(=O)CCCCCCC(=O)NCCCCCN)C6=O)C7=O)CC5)CC4)nn3)CC2)cc1Cl. The van der Waals surface area contributed by atoms with Gasteiger partial charge >= 0.3 is 5.97 Å². The van der Waals surface area contributed by atoms with Crippen LogP contribution in [0.1, 0.15) is 146 Å². The van der Waals surface area contributed by atoms with E-state index >= 15 is 4.39 Å². The van der Waals surface area contributed by atoms with Gasteiger partial charge in [-0.2, -0.15) is 5.26 Å². The number of amides is 6. The molecule has 2 aromatic carbocycles. The van der Waals surface area contributed by atoms with Gasteiger partial charge in [-0.25, -0.2) is 9.29 Å². The van der Waals surface area contributed by atoms with Crippen molar-refractivity contribution in [2.24, 2.45) is 11.7 Å². The summed E-state index contributed by atoms with van der Waals surface area (Å²) in [6.07, 6.45) is 10.5. The molecule has 0 radical (unpaired) electrons. The number of aromatic nitrogens is 2. The molecule has 1 aliphatic carbocycles. The van der Waals surface area contributed by atoms with E-state index in [1.165, 1.54) is 6.07 Å². The Kier molecular flexibility index (Phi) is 19.8. The number of carbonyl (C=O) groups excluding carboxylic acids is 7. The molecule has 1 saturated carbocycles. The number of nitrogens with one attached hydrogen (secondary N) is 2. The van der Waals surface area contributed by atoms with Crippen LogP contribution in [0.25, 0.3) is 0 Å². The fourth-order valence-electron chi connectivity index (χ4n) is 10.8. The maximum Gasteiger partial charge on any atom is 0.307 e. The van der Waals surface area contributed by atoms with Gasteiger partial charge in [-0.1, -0.05) is 30.9 Å². The van der Waals surface area contributed by atoms with Gasteiger partial charge in [0.15, 0.2) is 18.2 Å². The number of halogens is 2. The molecule has 6 amide bonds. The predicted octanol–water partition coefficient (Wildman–Crippen LogP) is 5.50. The molecule has 1 unspecified atom stereocenters. The smallest absolute Gasteiger partial charge is 0.307 e. The fraction of sp³-hybridized carbons (Fsp3) is 0.564. The molecule has 5 heterocycles. The van der Waals surface area contributed by atoms with Crippen molar-refractivity contribution in [2.45, 2.75) is 127 Å². The van der Waals surface area contributed by atoms with Crippen LogP contribution in [0.2, 0.25) is 5.02 Å². The minimum atomic E-state index is -1.33. The van der Waals surface area contributed by atoms with Gasteiger partial charge in [-0.05, 0) is 119 Å². The number of hydrogen-bond acceptors (Lipinski definition) is 16. The molecular formula is C55H69ClFN11O9. The Bertz CT molecular complexity index is 2670. The highest BCUT2D eigenvalue weighted by molar-refractivity contribution is 6.31. The molecule has 20 nitrogen and oxygen atoms in total. The zero-order chi connectivity index (χ0) is 54.4. The number of piperidine rings is 2. The zero-order valence-corrected chi connectivity index (χ0v) is 44.3. The summed E-state index contributed by atoms with van der Waals surface area (Å²) in [7, 11) is 0. The van der Waals surface area contributed by atoms with E-state index in [0.717, 1.165) is 99.7 Å². The number of piperazine rings is 1. The minimum absolute atomic E-state index is 0.00724. The highest BCUT2D eigenvalue weighted by Gasteiger charge is 2.48. The van der Waals surface area contributed by atoms with Crippen molar-refractivity contribution >= 4 is 64.5 Å². The van der Waals surface area contributed by atoms with Crippen LogP contribution in [0.3, 0.4) is 0 Å². The molecule has 4 N–H and O–H groups in total. The van der Waals surface area contributed by atoms with Gasteiger partial charge in [0.25, 0.3) is 23.6 Å². The number of anilines is 2. The van der Waals surface area contributed by atoms with Crippen LogP contribution in [0, 0.1) is 23.1 Å². The molecule has 0 spiro atoms. The molecule has 8 rings (SSSR count). The lowest BCUT2D eigenvalue weighted by molar-refractivity contribution is -0.163. The van der Waals surface area contributed by atoms with E-state index in [2.05, 4.69) is 30.6 Å². The van der Waals surface area contributed by atoms with Gasteiger partial charge in [-0.15, -0.1) is 10.2 Å². The van der Waals surface area contributed by atoms with E-state index in [4.69, 9.17) is 32.1 Å². The van der Waals surface area contributed by atoms with Gasteiger partial charge in [-0.3, -0.25) is 43.4 Å². The number of hydrogen-bond donors (Lipinski definition) is 3. The second kappa shape index (κ2) is 27.0.